The van der Waals surface area contributed by atoms with E-state index in [4.69, 9.17) is 18.2 Å². The Morgan fingerprint density at radius 2 is 0.675 bits per heavy atom. The SMILES string of the molecule is C[C]1[CH][CH][CH][CH]1.C[C]1[CH][CH][CH][CH]1.[C-]#[O+].[C-]#[O+].[CH2-]O[Si](C(C)(C)C)C(C)(C)C.[CH2-]O[Si](C(C)(C)C)C(C)(C)C.[Mn+2].[Mn]. The van der Waals surface area contributed by atoms with Crippen molar-refractivity contribution in [1.29, 1.82) is 0 Å². The molecule has 2 rings (SSSR count). The van der Waals surface area contributed by atoms with E-state index in [9.17, 15) is 0 Å². The van der Waals surface area contributed by atoms with Crippen LogP contribution in [0.5, 0.6) is 0 Å². The molecule has 2 fully saturated rings. The van der Waals surface area contributed by atoms with Gasteiger partial charge in [0.15, 0.2) is 18.1 Å². The summed E-state index contributed by atoms with van der Waals surface area (Å²) in [5.41, 5.74) is 0. The van der Waals surface area contributed by atoms with Gasteiger partial charge in [0.25, 0.3) is 0 Å². The van der Waals surface area contributed by atoms with E-state index < -0.39 is 18.1 Å². The molecular weight excluding hydrogens is 614 g/mol. The Morgan fingerprint density at radius 1 is 0.525 bits per heavy atom. The zero-order valence-corrected chi connectivity index (χ0v) is 31.8. The zero-order chi connectivity index (χ0) is 31.4. The minimum Gasteiger partial charge on any atom is -0.595 e. The van der Waals surface area contributed by atoms with Crippen molar-refractivity contribution in [3.05, 3.63) is 90.7 Å². The van der Waals surface area contributed by atoms with E-state index in [1.807, 2.05) is 25.7 Å². The van der Waals surface area contributed by atoms with Crippen molar-refractivity contribution in [2.45, 2.75) is 117 Å². The average molecular weight is 669 g/mol. The van der Waals surface area contributed by atoms with E-state index in [2.05, 4.69) is 150 Å². The first kappa shape index (κ1) is 53.4. The first-order chi connectivity index (χ1) is 17.2. The Morgan fingerprint density at radius 3 is 0.700 bits per heavy atom. The molecule has 0 aromatic heterocycles. The van der Waals surface area contributed by atoms with Crippen molar-refractivity contribution in [1.82, 2.24) is 0 Å². The van der Waals surface area contributed by atoms with Crippen molar-refractivity contribution in [2.75, 3.05) is 0 Å². The normalized spacial score (nSPS) is 15.6. The molecule has 2 aliphatic carbocycles. The van der Waals surface area contributed by atoms with Crippen LogP contribution >= 0.6 is 0 Å². The number of hydrogen-bond acceptors (Lipinski definition) is 2. The van der Waals surface area contributed by atoms with Crippen LogP contribution in [0.2, 0.25) is 20.2 Å². The molecule has 0 amide bonds. The molecule has 0 spiro atoms. The number of rotatable bonds is 2. The van der Waals surface area contributed by atoms with Gasteiger partial charge in [-0.25, -0.2) is 14.2 Å². The summed E-state index contributed by atoms with van der Waals surface area (Å²) in [7, 11) is 5.48. The summed E-state index contributed by atoms with van der Waals surface area (Å²) in [5.74, 6) is 2.69. The molecule has 0 saturated heterocycles. The van der Waals surface area contributed by atoms with Crippen molar-refractivity contribution in [3.8, 4) is 0 Å². The first-order valence-electron chi connectivity index (χ1n) is 12.5. The molecule has 4 nitrogen and oxygen atoms in total. The van der Waals surface area contributed by atoms with E-state index in [0.29, 0.717) is 0 Å². The third-order valence-electron chi connectivity index (χ3n) is 4.67. The molecule has 228 valence electrons. The van der Waals surface area contributed by atoms with Crippen LogP contribution in [0.25, 0.3) is 0 Å². The second-order valence-corrected chi connectivity index (χ2v) is 20.8. The van der Waals surface area contributed by atoms with Crippen LogP contribution < -0.4 is 0 Å². The fourth-order valence-electron chi connectivity index (χ4n) is 4.06. The molecular formula is C32H54Mn2O4Si2. The molecule has 0 atom stereocenters. The monoisotopic (exact) mass is 668 g/mol. The van der Waals surface area contributed by atoms with Crippen LogP contribution in [0.3, 0.4) is 0 Å². The molecule has 2 saturated carbocycles. The third kappa shape index (κ3) is 30.3. The molecule has 0 unspecified atom stereocenters. The predicted molar refractivity (Wildman–Crippen MR) is 163 cm³/mol. The number of hydrogen-bond donors (Lipinski definition) is 0. The molecule has 8 heteroatoms. The smallest absolute Gasteiger partial charge is 0.595 e. The van der Waals surface area contributed by atoms with E-state index >= 15 is 0 Å². The predicted octanol–water partition coefficient (Wildman–Crippen LogP) is 9.52. The summed E-state index contributed by atoms with van der Waals surface area (Å²) in [5, 5.41) is 1.07. The van der Waals surface area contributed by atoms with E-state index in [1.54, 1.807) is 0 Å². The van der Waals surface area contributed by atoms with Gasteiger partial charge in [-0.05, 0) is 83.4 Å². The third-order valence-corrected chi connectivity index (χ3v) is 10.7. The summed E-state index contributed by atoms with van der Waals surface area (Å²) < 4.78 is 25.7. The summed E-state index contributed by atoms with van der Waals surface area (Å²) in [6, 6.07) is 0. The quantitative estimate of drug-likeness (QED) is 0.167. The van der Waals surface area contributed by atoms with Crippen molar-refractivity contribution >= 4 is 18.1 Å². The van der Waals surface area contributed by atoms with Gasteiger partial charge in [0, 0.05) is 17.1 Å². The molecule has 0 heterocycles. The Bertz CT molecular complexity index is 494. The van der Waals surface area contributed by atoms with Gasteiger partial charge >= 0.3 is 39.7 Å². The molecule has 0 aromatic rings. The second-order valence-electron chi connectivity index (χ2n) is 12.9. The van der Waals surface area contributed by atoms with E-state index in [1.165, 1.54) is 11.8 Å². The fraction of sp³-hybridized carbons (Fsp3) is 0.562. The molecule has 2 aliphatic rings. The molecule has 0 N–H and O–H groups in total. The maximum atomic E-state index is 7.50. The van der Waals surface area contributed by atoms with Gasteiger partial charge in [0.05, 0.1) is 0 Å². The summed E-state index contributed by atoms with van der Waals surface area (Å²) in [4.78, 5) is 0. The van der Waals surface area contributed by atoms with Crippen LogP contribution in [0.15, 0.2) is 0 Å². The zero-order valence-electron chi connectivity index (χ0n) is 27.4. The van der Waals surface area contributed by atoms with Crippen molar-refractivity contribution in [2.24, 2.45) is 0 Å². The van der Waals surface area contributed by atoms with Crippen LogP contribution in [0.1, 0.15) is 96.9 Å². The topological polar surface area (TPSA) is 58.3 Å². The maximum absolute atomic E-state index is 7.50. The Kier molecular flexibility index (Phi) is 36.6. The molecule has 14 radical (unpaired) electrons. The minimum absolute atomic E-state index is 0. The largest absolute Gasteiger partial charge is 2.00 e. The van der Waals surface area contributed by atoms with Gasteiger partial charge in [-0.2, -0.15) is 0 Å². The van der Waals surface area contributed by atoms with Crippen LogP contribution in [0, 0.1) is 90.7 Å². The standard InChI is InChI=1S/2C9H20OSi.2C6H7.2CO.2Mn/c2*1-8(2,3)11(10-7)9(4,5)6;2*1-6-4-2-3-5-6;2*1-2;;/h2*7H2,1-6H3;2*2-5H,1H3;;;;/q2*-1;;;;;;+2. The maximum Gasteiger partial charge on any atom is 2.00 e. The van der Waals surface area contributed by atoms with Gasteiger partial charge < -0.3 is 8.85 Å². The van der Waals surface area contributed by atoms with Crippen molar-refractivity contribution in [3.63, 3.8) is 0 Å². The van der Waals surface area contributed by atoms with Crippen LogP contribution in [-0.2, 0) is 52.3 Å². The first-order valence-corrected chi connectivity index (χ1v) is 15.4. The molecule has 0 aliphatic heterocycles. The Balaban J connectivity index is -0.0000000931. The van der Waals surface area contributed by atoms with Gasteiger partial charge in [0.2, 0.25) is 0 Å². The van der Waals surface area contributed by atoms with E-state index in [-0.39, 0.29) is 54.3 Å². The van der Waals surface area contributed by atoms with Crippen molar-refractivity contribution < 1.29 is 52.3 Å². The van der Waals surface area contributed by atoms with Crippen LogP contribution in [0.4, 0.5) is 0 Å². The minimum atomic E-state index is -0.826. The van der Waals surface area contributed by atoms with Gasteiger partial charge in [0.1, 0.15) is 0 Å². The summed E-state index contributed by atoms with van der Waals surface area (Å²) in [6.45, 7) is 39.8. The molecule has 0 bridgehead atoms. The van der Waals surface area contributed by atoms with Gasteiger partial charge in [-0.1, -0.05) is 96.9 Å². The summed E-state index contributed by atoms with van der Waals surface area (Å²) >= 11 is 0. The Labute approximate surface area is 276 Å². The fourth-order valence-corrected chi connectivity index (χ4v) is 10.3. The second kappa shape index (κ2) is 27.4. The molecule has 40 heavy (non-hydrogen) atoms. The Hall–Kier alpha value is 0.873. The molecule has 0 aromatic carbocycles. The van der Waals surface area contributed by atoms with E-state index in [0.717, 1.165) is 0 Å². The van der Waals surface area contributed by atoms with Gasteiger partial charge in [-0.15, -0.1) is 0 Å². The van der Waals surface area contributed by atoms with Gasteiger partial charge in [-0.3, -0.25) is 0 Å². The summed E-state index contributed by atoms with van der Waals surface area (Å²) in [6.07, 6.45) is 16.5. The van der Waals surface area contributed by atoms with Crippen LogP contribution in [-0.4, -0.2) is 18.1 Å². The average Bonchev–Trinajstić information content (AvgIpc) is 3.42.